The van der Waals surface area contributed by atoms with Gasteiger partial charge in [0.25, 0.3) is 0 Å². The van der Waals surface area contributed by atoms with E-state index in [1.165, 1.54) is 17.7 Å². The highest BCUT2D eigenvalue weighted by Gasteiger charge is 2.15. The summed E-state index contributed by atoms with van der Waals surface area (Å²) >= 11 is 0. The molecule has 1 heterocycles. The maximum absolute atomic E-state index is 3.47. The van der Waals surface area contributed by atoms with Crippen molar-refractivity contribution in [3.8, 4) is 0 Å². The molecule has 1 saturated heterocycles. The third-order valence-corrected chi connectivity index (χ3v) is 3.29. The standard InChI is InChI=1S/C14H22N2/c1-3-13-4-6-14(7-5-13)11-16-9-8-15-12(2)10-16/h4-7,12,15H,3,8-11H2,1-2H3/t12-/m1/s1. The van der Waals surface area contributed by atoms with E-state index in [4.69, 9.17) is 0 Å². The van der Waals surface area contributed by atoms with Crippen LogP contribution in [0.4, 0.5) is 0 Å². The zero-order valence-corrected chi connectivity index (χ0v) is 10.4. The van der Waals surface area contributed by atoms with Crippen molar-refractivity contribution < 1.29 is 0 Å². The molecule has 0 aromatic heterocycles. The predicted octanol–water partition coefficient (Wildman–Crippen LogP) is 2.04. The van der Waals surface area contributed by atoms with Gasteiger partial charge >= 0.3 is 0 Å². The van der Waals surface area contributed by atoms with Gasteiger partial charge in [-0.1, -0.05) is 31.2 Å². The third-order valence-electron chi connectivity index (χ3n) is 3.29. The topological polar surface area (TPSA) is 15.3 Å². The molecule has 1 N–H and O–H groups in total. The van der Waals surface area contributed by atoms with Crippen LogP contribution in [0.2, 0.25) is 0 Å². The lowest BCUT2D eigenvalue weighted by atomic mass is 10.1. The summed E-state index contributed by atoms with van der Waals surface area (Å²) in [5, 5.41) is 3.47. The van der Waals surface area contributed by atoms with Crippen molar-refractivity contribution in [2.75, 3.05) is 19.6 Å². The number of nitrogens with zero attached hydrogens (tertiary/aromatic N) is 1. The molecule has 0 unspecified atom stereocenters. The quantitative estimate of drug-likeness (QED) is 0.835. The van der Waals surface area contributed by atoms with Crippen LogP contribution in [0.3, 0.4) is 0 Å². The Morgan fingerprint density at radius 2 is 1.94 bits per heavy atom. The van der Waals surface area contributed by atoms with Crippen molar-refractivity contribution in [1.29, 1.82) is 0 Å². The largest absolute Gasteiger partial charge is 0.312 e. The molecule has 1 aromatic carbocycles. The second-order valence-electron chi connectivity index (χ2n) is 4.76. The van der Waals surface area contributed by atoms with Crippen molar-refractivity contribution in [1.82, 2.24) is 10.2 Å². The van der Waals surface area contributed by atoms with Gasteiger partial charge < -0.3 is 5.32 Å². The number of hydrogen-bond donors (Lipinski definition) is 1. The molecule has 0 saturated carbocycles. The van der Waals surface area contributed by atoms with Gasteiger partial charge in [0.1, 0.15) is 0 Å². The van der Waals surface area contributed by atoms with Crippen molar-refractivity contribution in [2.24, 2.45) is 0 Å². The molecule has 1 aromatic rings. The van der Waals surface area contributed by atoms with Gasteiger partial charge in [0.15, 0.2) is 0 Å². The van der Waals surface area contributed by atoms with Crippen LogP contribution in [0, 0.1) is 0 Å². The van der Waals surface area contributed by atoms with Gasteiger partial charge in [0.05, 0.1) is 0 Å². The van der Waals surface area contributed by atoms with E-state index in [1.54, 1.807) is 0 Å². The molecular weight excluding hydrogens is 196 g/mol. The summed E-state index contributed by atoms with van der Waals surface area (Å²) in [4.78, 5) is 2.53. The zero-order chi connectivity index (χ0) is 11.4. The van der Waals surface area contributed by atoms with Crippen LogP contribution in [0.25, 0.3) is 0 Å². The molecule has 0 aliphatic carbocycles. The molecule has 0 bridgehead atoms. The van der Waals surface area contributed by atoms with E-state index in [0.717, 1.165) is 26.1 Å². The highest BCUT2D eigenvalue weighted by atomic mass is 15.2. The van der Waals surface area contributed by atoms with E-state index in [2.05, 4.69) is 48.3 Å². The zero-order valence-electron chi connectivity index (χ0n) is 10.4. The predicted molar refractivity (Wildman–Crippen MR) is 68.6 cm³/mol. The van der Waals surface area contributed by atoms with E-state index >= 15 is 0 Å². The van der Waals surface area contributed by atoms with Crippen LogP contribution in [0.15, 0.2) is 24.3 Å². The lowest BCUT2D eigenvalue weighted by Gasteiger charge is -2.31. The molecule has 88 valence electrons. The normalized spacial score (nSPS) is 22.2. The smallest absolute Gasteiger partial charge is 0.0234 e. The van der Waals surface area contributed by atoms with Crippen LogP contribution in [0.1, 0.15) is 25.0 Å². The highest BCUT2D eigenvalue weighted by molar-refractivity contribution is 5.22. The van der Waals surface area contributed by atoms with E-state index in [9.17, 15) is 0 Å². The number of nitrogens with one attached hydrogen (secondary N) is 1. The fourth-order valence-electron chi connectivity index (χ4n) is 2.29. The first-order chi connectivity index (χ1) is 7.78. The Bertz CT molecular complexity index is 318. The number of hydrogen-bond acceptors (Lipinski definition) is 2. The molecule has 0 amide bonds. The summed E-state index contributed by atoms with van der Waals surface area (Å²) in [6.07, 6.45) is 1.13. The van der Waals surface area contributed by atoms with Crippen LogP contribution >= 0.6 is 0 Å². The van der Waals surface area contributed by atoms with Gasteiger partial charge in [0.2, 0.25) is 0 Å². The summed E-state index contributed by atoms with van der Waals surface area (Å²) in [5.41, 5.74) is 2.86. The minimum Gasteiger partial charge on any atom is -0.312 e. The summed E-state index contributed by atoms with van der Waals surface area (Å²) < 4.78 is 0. The molecule has 1 aliphatic rings. The summed E-state index contributed by atoms with van der Waals surface area (Å²) in [7, 11) is 0. The highest BCUT2D eigenvalue weighted by Crippen LogP contribution is 2.09. The van der Waals surface area contributed by atoms with Crippen molar-refractivity contribution in [3.63, 3.8) is 0 Å². The minimum absolute atomic E-state index is 0.628. The fraction of sp³-hybridized carbons (Fsp3) is 0.571. The maximum atomic E-state index is 3.47. The Labute approximate surface area is 98.7 Å². The lowest BCUT2D eigenvalue weighted by Crippen LogP contribution is -2.48. The van der Waals surface area contributed by atoms with Crippen LogP contribution in [-0.4, -0.2) is 30.6 Å². The average Bonchev–Trinajstić information content (AvgIpc) is 2.30. The van der Waals surface area contributed by atoms with Gasteiger partial charge in [-0.2, -0.15) is 0 Å². The first kappa shape index (κ1) is 11.6. The minimum atomic E-state index is 0.628. The van der Waals surface area contributed by atoms with Gasteiger partial charge in [0, 0.05) is 32.2 Å². The molecular formula is C14H22N2. The first-order valence-corrected chi connectivity index (χ1v) is 6.31. The molecule has 0 radical (unpaired) electrons. The number of aryl methyl sites for hydroxylation is 1. The summed E-state index contributed by atoms with van der Waals surface area (Å²) in [5.74, 6) is 0. The third kappa shape index (κ3) is 3.06. The monoisotopic (exact) mass is 218 g/mol. The Kier molecular flexibility index (Phi) is 3.97. The summed E-state index contributed by atoms with van der Waals surface area (Å²) in [6.45, 7) is 9.00. The molecule has 2 rings (SSSR count). The van der Waals surface area contributed by atoms with Gasteiger partial charge in [-0.05, 0) is 24.5 Å². The Morgan fingerprint density at radius 3 is 2.56 bits per heavy atom. The molecule has 1 aliphatic heterocycles. The Balaban J connectivity index is 1.92. The second kappa shape index (κ2) is 5.46. The molecule has 2 heteroatoms. The van der Waals surface area contributed by atoms with Crippen LogP contribution < -0.4 is 5.32 Å². The van der Waals surface area contributed by atoms with Crippen LogP contribution in [0.5, 0.6) is 0 Å². The molecule has 1 fully saturated rings. The molecule has 2 nitrogen and oxygen atoms in total. The van der Waals surface area contributed by atoms with E-state index in [0.29, 0.717) is 6.04 Å². The van der Waals surface area contributed by atoms with E-state index < -0.39 is 0 Å². The fourth-order valence-corrected chi connectivity index (χ4v) is 2.29. The van der Waals surface area contributed by atoms with Gasteiger partial charge in [-0.15, -0.1) is 0 Å². The van der Waals surface area contributed by atoms with Crippen molar-refractivity contribution >= 4 is 0 Å². The Hall–Kier alpha value is -0.860. The summed E-state index contributed by atoms with van der Waals surface area (Å²) in [6, 6.07) is 9.67. The SMILES string of the molecule is CCc1ccc(CN2CCN[C@H](C)C2)cc1. The second-order valence-corrected chi connectivity index (χ2v) is 4.76. The van der Waals surface area contributed by atoms with Crippen molar-refractivity contribution in [3.05, 3.63) is 35.4 Å². The molecule has 16 heavy (non-hydrogen) atoms. The van der Waals surface area contributed by atoms with Crippen molar-refractivity contribution in [2.45, 2.75) is 32.9 Å². The Morgan fingerprint density at radius 1 is 1.25 bits per heavy atom. The lowest BCUT2D eigenvalue weighted by molar-refractivity contribution is 0.199. The number of piperazine rings is 1. The van der Waals surface area contributed by atoms with E-state index in [-0.39, 0.29) is 0 Å². The maximum Gasteiger partial charge on any atom is 0.0234 e. The van der Waals surface area contributed by atoms with Gasteiger partial charge in [-0.25, -0.2) is 0 Å². The van der Waals surface area contributed by atoms with Gasteiger partial charge in [-0.3, -0.25) is 4.90 Å². The molecule has 0 spiro atoms. The van der Waals surface area contributed by atoms with Crippen LogP contribution in [-0.2, 0) is 13.0 Å². The molecule has 1 atom stereocenters. The van der Waals surface area contributed by atoms with E-state index in [1.807, 2.05) is 0 Å². The average molecular weight is 218 g/mol. The number of rotatable bonds is 3. The number of benzene rings is 1. The first-order valence-electron chi connectivity index (χ1n) is 6.31.